The van der Waals surface area contributed by atoms with E-state index in [0.29, 0.717) is 23.7 Å². The van der Waals surface area contributed by atoms with Crippen LogP contribution in [-0.2, 0) is 4.74 Å². The van der Waals surface area contributed by atoms with Crippen molar-refractivity contribution in [3.63, 3.8) is 0 Å². The van der Waals surface area contributed by atoms with E-state index in [2.05, 4.69) is 16.8 Å². The molecule has 1 fully saturated rings. The Labute approximate surface area is 113 Å². The Kier molecular flexibility index (Phi) is 4.24. The molecule has 1 aliphatic rings. The number of rotatable bonds is 3. The number of ether oxygens (including phenoxy) is 1. The molecule has 0 bridgehead atoms. The van der Waals surface area contributed by atoms with E-state index < -0.39 is 0 Å². The van der Waals surface area contributed by atoms with Crippen molar-refractivity contribution in [2.45, 2.75) is 26.7 Å². The van der Waals surface area contributed by atoms with Crippen LogP contribution in [0.25, 0.3) is 0 Å². The standard InChI is InChI=1S/C14H21N3O2/c1-3-19-14(18)11-4-7-16-13(12(11)15)17-8-5-10(2)6-9-17/h4,7,10H,3,5-6,8-9,15H2,1-2H3. The fourth-order valence-corrected chi connectivity index (χ4v) is 2.32. The summed E-state index contributed by atoms with van der Waals surface area (Å²) in [7, 11) is 0. The molecule has 0 aliphatic carbocycles. The van der Waals surface area contributed by atoms with Gasteiger partial charge in [0.15, 0.2) is 5.82 Å². The van der Waals surface area contributed by atoms with Crippen LogP contribution >= 0.6 is 0 Å². The van der Waals surface area contributed by atoms with Gasteiger partial charge in [0.1, 0.15) is 0 Å². The number of carbonyl (C=O) groups is 1. The molecule has 5 nitrogen and oxygen atoms in total. The largest absolute Gasteiger partial charge is 0.462 e. The van der Waals surface area contributed by atoms with Gasteiger partial charge in [-0.15, -0.1) is 0 Å². The van der Waals surface area contributed by atoms with E-state index in [-0.39, 0.29) is 5.97 Å². The van der Waals surface area contributed by atoms with Crippen LogP contribution < -0.4 is 10.6 Å². The van der Waals surface area contributed by atoms with E-state index in [1.165, 1.54) is 0 Å². The van der Waals surface area contributed by atoms with Gasteiger partial charge in [-0.2, -0.15) is 0 Å². The molecule has 0 saturated carbocycles. The first kappa shape index (κ1) is 13.6. The van der Waals surface area contributed by atoms with Crippen molar-refractivity contribution in [2.75, 3.05) is 30.3 Å². The number of piperidine rings is 1. The first-order chi connectivity index (χ1) is 9.13. The Bertz CT molecular complexity index is 454. The zero-order chi connectivity index (χ0) is 13.8. The van der Waals surface area contributed by atoms with Crippen molar-refractivity contribution >= 4 is 17.5 Å². The third kappa shape index (κ3) is 2.97. The summed E-state index contributed by atoms with van der Waals surface area (Å²) in [5, 5.41) is 0. The van der Waals surface area contributed by atoms with E-state index in [9.17, 15) is 4.79 Å². The predicted octanol–water partition coefficient (Wildman–Crippen LogP) is 2.08. The number of nitrogens with zero attached hydrogens (tertiary/aromatic N) is 2. The minimum absolute atomic E-state index is 0.344. The summed E-state index contributed by atoms with van der Waals surface area (Å²) in [6, 6.07) is 1.61. The quantitative estimate of drug-likeness (QED) is 0.846. The normalized spacial score (nSPS) is 16.4. The van der Waals surface area contributed by atoms with Gasteiger partial charge in [-0.25, -0.2) is 9.78 Å². The highest BCUT2D eigenvalue weighted by atomic mass is 16.5. The number of hydrogen-bond donors (Lipinski definition) is 1. The number of pyridine rings is 1. The molecule has 2 rings (SSSR count). The number of nitrogens with two attached hydrogens (primary N) is 1. The summed E-state index contributed by atoms with van der Waals surface area (Å²) in [6.45, 7) is 6.25. The fraction of sp³-hybridized carbons (Fsp3) is 0.571. The van der Waals surface area contributed by atoms with Crippen molar-refractivity contribution in [1.29, 1.82) is 0 Å². The maximum absolute atomic E-state index is 11.8. The molecule has 5 heteroatoms. The average Bonchev–Trinajstić information content (AvgIpc) is 2.40. The Morgan fingerprint density at radius 2 is 2.21 bits per heavy atom. The highest BCUT2D eigenvalue weighted by Crippen LogP contribution is 2.28. The fourth-order valence-electron chi connectivity index (χ4n) is 2.32. The molecule has 0 amide bonds. The lowest BCUT2D eigenvalue weighted by atomic mass is 9.99. The second-order valence-electron chi connectivity index (χ2n) is 4.99. The molecule has 0 spiro atoms. The summed E-state index contributed by atoms with van der Waals surface area (Å²) in [4.78, 5) is 18.3. The average molecular weight is 263 g/mol. The Morgan fingerprint density at radius 1 is 1.53 bits per heavy atom. The third-order valence-electron chi connectivity index (χ3n) is 3.55. The van der Waals surface area contributed by atoms with Crippen LogP contribution in [0.5, 0.6) is 0 Å². The molecular formula is C14H21N3O2. The lowest BCUT2D eigenvalue weighted by molar-refractivity contribution is 0.0527. The Balaban J connectivity index is 2.22. The zero-order valence-electron chi connectivity index (χ0n) is 11.6. The lowest BCUT2D eigenvalue weighted by Crippen LogP contribution is -2.34. The monoisotopic (exact) mass is 263 g/mol. The maximum atomic E-state index is 11.8. The first-order valence-electron chi connectivity index (χ1n) is 6.80. The van der Waals surface area contributed by atoms with Gasteiger partial charge in [-0.05, 0) is 31.7 Å². The van der Waals surface area contributed by atoms with Crippen LogP contribution in [0.1, 0.15) is 37.0 Å². The van der Waals surface area contributed by atoms with Crippen LogP contribution in [0.4, 0.5) is 11.5 Å². The molecule has 2 heterocycles. The van der Waals surface area contributed by atoms with Crippen LogP contribution in [0, 0.1) is 5.92 Å². The molecule has 1 aromatic rings. The molecule has 2 N–H and O–H groups in total. The van der Waals surface area contributed by atoms with Crippen molar-refractivity contribution in [2.24, 2.45) is 5.92 Å². The molecule has 0 aromatic carbocycles. The van der Waals surface area contributed by atoms with Gasteiger partial charge in [0, 0.05) is 19.3 Å². The minimum Gasteiger partial charge on any atom is -0.462 e. The number of aromatic nitrogens is 1. The van der Waals surface area contributed by atoms with E-state index >= 15 is 0 Å². The summed E-state index contributed by atoms with van der Waals surface area (Å²) in [5.41, 5.74) is 6.91. The molecular weight excluding hydrogens is 242 g/mol. The van der Waals surface area contributed by atoms with Gasteiger partial charge in [0.2, 0.25) is 0 Å². The molecule has 0 radical (unpaired) electrons. The molecule has 0 unspecified atom stereocenters. The number of anilines is 2. The topological polar surface area (TPSA) is 68.5 Å². The molecule has 104 valence electrons. The SMILES string of the molecule is CCOC(=O)c1ccnc(N2CCC(C)CC2)c1N. The number of hydrogen-bond acceptors (Lipinski definition) is 5. The smallest absolute Gasteiger partial charge is 0.340 e. The van der Waals surface area contributed by atoms with Gasteiger partial charge >= 0.3 is 5.97 Å². The van der Waals surface area contributed by atoms with E-state index in [1.807, 2.05) is 0 Å². The second kappa shape index (κ2) is 5.91. The van der Waals surface area contributed by atoms with Crippen LogP contribution in [0.3, 0.4) is 0 Å². The van der Waals surface area contributed by atoms with Crippen LogP contribution in [-0.4, -0.2) is 30.6 Å². The number of carbonyl (C=O) groups excluding carboxylic acids is 1. The zero-order valence-corrected chi connectivity index (χ0v) is 11.6. The Hall–Kier alpha value is -1.78. The highest BCUT2D eigenvalue weighted by molar-refractivity contribution is 5.97. The van der Waals surface area contributed by atoms with Crippen molar-refractivity contribution in [1.82, 2.24) is 4.98 Å². The minimum atomic E-state index is -0.381. The predicted molar refractivity (Wildman–Crippen MR) is 75.2 cm³/mol. The molecule has 1 aromatic heterocycles. The Morgan fingerprint density at radius 3 is 2.84 bits per heavy atom. The highest BCUT2D eigenvalue weighted by Gasteiger charge is 2.22. The van der Waals surface area contributed by atoms with Gasteiger partial charge in [0.25, 0.3) is 0 Å². The van der Waals surface area contributed by atoms with Crippen LogP contribution in [0.15, 0.2) is 12.3 Å². The lowest BCUT2D eigenvalue weighted by Gasteiger charge is -2.32. The molecule has 0 atom stereocenters. The maximum Gasteiger partial charge on any atom is 0.340 e. The van der Waals surface area contributed by atoms with Crippen LogP contribution in [0.2, 0.25) is 0 Å². The third-order valence-corrected chi connectivity index (χ3v) is 3.55. The van der Waals surface area contributed by atoms with Crippen molar-refractivity contribution in [3.8, 4) is 0 Å². The van der Waals surface area contributed by atoms with Gasteiger partial charge in [-0.3, -0.25) is 0 Å². The van der Waals surface area contributed by atoms with Gasteiger partial charge < -0.3 is 15.4 Å². The number of nitrogen functional groups attached to an aromatic ring is 1. The summed E-state index contributed by atoms with van der Waals surface area (Å²) in [6.07, 6.45) is 3.88. The van der Waals surface area contributed by atoms with Gasteiger partial charge in [-0.1, -0.05) is 6.92 Å². The second-order valence-corrected chi connectivity index (χ2v) is 4.99. The number of esters is 1. The summed E-state index contributed by atoms with van der Waals surface area (Å²) >= 11 is 0. The van der Waals surface area contributed by atoms with E-state index in [1.54, 1.807) is 19.2 Å². The van der Waals surface area contributed by atoms with E-state index in [0.717, 1.165) is 31.8 Å². The van der Waals surface area contributed by atoms with E-state index in [4.69, 9.17) is 10.5 Å². The molecule has 19 heavy (non-hydrogen) atoms. The van der Waals surface area contributed by atoms with Crippen molar-refractivity contribution in [3.05, 3.63) is 17.8 Å². The summed E-state index contributed by atoms with van der Waals surface area (Å²) < 4.78 is 5.00. The van der Waals surface area contributed by atoms with Gasteiger partial charge in [0.05, 0.1) is 17.9 Å². The summed E-state index contributed by atoms with van der Waals surface area (Å²) in [5.74, 6) is 1.07. The molecule has 1 saturated heterocycles. The van der Waals surface area contributed by atoms with Crippen molar-refractivity contribution < 1.29 is 9.53 Å². The molecule has 1 aliphatic heterocycles. The first-order valence-corrected chi connectivity index (χ1v) is 6.80.